The molecule has 25 heavy (non-hydrogen) atoms. The van der Waals surface area contributed by atoms with Crippen molar-refractivity contribution in [2.45, 2.75) is 64.3 Å². The first-order valence-electron chi connectivity index (χ1n) is 9.20. The van der Waals surface area contributed by atoms with Gasteiger partial charge in [0.2, 0.25) is 0 Å². The summed E-state index contributed by atoms with van der Waals surface area (Å²) in [5.74, 6) is 1.77. The van der Waals surface area contributed by atoms with Gasteiger partial charge in [0.05, 0.1) is 5.75 Å². The number of ether oxygens (including phenoxy) is 2. The average Bonchev–Trinajstić information content (AvgIpc) is 3.00. The van der Waals surface area contributed by atoms with Crippen molar-refractivity contribution in [3.63, 3.8) is 0 Å². The fourth-order valence-corrected chi connectivity index (χ4v) is 4.19. The molecular weight excluding hydrogens is 338 g/mol. The van der Waals surface area contributed by atoms with E-state index in [1.54, 1.807) is 13.4 Å². The number of aromatic nitrogens is 3. The molecule has 0 saturated heterocycles. The largest absolute Gasteiger partial charge is 0.461 e. The maximum absolute atomic E-state index is 12.3. The van der Waals surface area contributed by atoms with E-state index in [-0.39, 0.29) is 17.8 Å². The zero-order valence-corrected chi connectivity index (χ0v) is 16.6. The molecule has 7 heteroatoms. The second-order valence-electron chi connectivity index (χ2n) is 7.30. The summed E-state index contributed by atoms with van der Waals surface area (Å²) in [5, 5.41) is 8.79. The molecule has 1 saturated carbocycles. The first kappa shape index (κ1) is 20.2. The molecule has 3 unspecified atom stereocenters. The van der Waals surface area contributed by atoms with Gasteiger partial charge in [0.25, 0.3) is 0 Å². The molecule has 0 spiro atoms. The Bertz CT molecular complexity index is 535. The summed E-state index contributed by atoms with van der Waals surface area (Å²) in [7, 11) is 1.69. The van der Waals surface area contributed by atoms with Crippen LogP contribution in [-0.2, 0) is 20.8 Å². The van der Waals surface area contributed by atoms with Crippen LogP contribution >= 0.6 is 11.8 Å². The molecular formula is C18H31N3O3S. The van der Waals surface area contributed by atoms with Crippen LogP contribution in [0.25, 0.3) is 0 Å². The summed E-state index contributed by atoms with van der Waals surface area (Å²) < 4.78 is 12.9. The number of nitrogens with zero attached hydrogens (tertiary/aromatic N) is 3. The van der Waals surface area contributed by atoms with E-state index >= 15 is 0 Å². The minimum atomic E-state index is -0.152. The van der Waals surface area contributed by atoms with Gasteiger partial charge >= 0.3 is 5.97 Å². The topological polar surface area (TPSA) is 66.2 Å². The molecule has 1 aliphatic carbocycles. The lowest BCUT2D eigenvalue weighted by molar-refractivity contribution is -0.152. The number of rotatable bonds is 9. The number of methoxy groups -OCH3 is 1. The predicted molar refractivity (Wildman–Crippen MR) is 98.5 cm³/mol. The third-order valence-corrected chi connectivity index (χ3v) is 5.85. The summed E-state index contributed by atoms with van der Waals surface area (Å²) in [5.41, 5.74) is 0. The minimum absolute atomic E-state index is 0.0522. The first-order chi connectivity index (χ1) is 12.0. The Kier molecular flexibility index (Phi) is 8.22. The molecule has 3 atom stereocenters. The van der Waals surface area contributed by atoms with Crippen LogP contribution in [-0.4, -0.2) is 46.3 Å². The van der Waals surface area contributed by atoms with Crippen molar-refractivity contribution < 1.29 is 14.3 Å². The van der Waals surface area contributed by atoms with Crippen LogP contribution in [0.1, 0.15) is 46.5 Å². The van der Waals surface area contributed by atoms with Crippen molar-refractivity contribution in [3.8, 4) is 0 Å². The summed E-state index contributed by atoms with van der Waals surface area (Å²) in [4.78, 5) is 12.3. The standard InChI is InChI=1S/C18H31N3O3S/c1-13(2)15-7-6-14(3)10-16(15)24-17(22)11-25-18-20-19-12-21(18)8-5-9-23-4/h12-16H,5-11H2,1-4H3. The molecule has 142 valence electrons. The maximum atomic E-state index is 12.3. The van der Waals surface area contributed by atoms with Crippen LogP contribution in [0.15, 0.2) is 11.5 Å². The average molecular weight is 370 g/mol. The summed E-state index contributed by atoms with van der Waals surface area (Å²) >= 11 is 1.39. The lowest BCUT2D eigenvalue weighted by atomic mass is 9.75. The minimum Gasteiger partial charge on any atom is -0.461 e. The Morgan fingerprint density at radius 2 is 2.24 bits per heavy atom. The van der Waals surface area contributed by atoms with Crippen molar-refractivity contribution in [1.82, 2.24) is 14.8 Å². The molecule has 1 aromatic rings. The summed E-state index contributed by atoms with van der Waals surface area (Å²) in [6.45, 7) is 8.17. The van der Waals surface area contributed by atoms with Gasteiger partial charge in [0, 0.05) is 20.3 Å². The lowest BCUT2D eigenvalue weighted by Crippen LogP contribution is -2.36. The fraction of sp³-hybridized carbons (Fsp3) is 0.833. The molecule has 1 heterocycles. The Morgan fingerprint density at radius 1 is 1.44 bits per heavy atom. The van der Waals surface area contributed by atoms with Gasteiger partial charge in [-0.05, 0) is 37.0 Å². The van der Waals surface area contributed by atoms with Crippen LogP contribution in [0.4, 0.5) is 0 Å². The molecule has 0 aromatic carbocycles. The summed E-state index contributed by atoms with van der Waals surface area (Å²) in [6, 6.07) is 0. The quantitative estimate of drug-likeness (QED) is 0.377. The van der Waals surface area contributed by atoms with Crippen LogP contribution in [0.2, 0.25) is 0 Å². The van der Waals surface area contributed by atoms with Crippen LogP contribution < -0.4 is 0 Å². The molecule has 0 bridgehead atoms. The van der Waals surface area contributed by atoms with Gasteiger partial charge in [-0.3, -0.25) is 4.79 Å². The molecule has 0 radical (unpaired) electrons. The number of carbonyl (C=O) groups excluding carboxylic acids is 1. The summed E-state index contributed by atoms with van der Waals surface area (Å²) in [6.07, 6.45) is 6.00. The fourth-order valence-electron chi connectivity index (χ4n) is 3.47. The van der Waals surface area contributed by atoms with E-state index in [0.717, 1.165) is 31.0 Å². The van der Waals surface area contributed by atoms with Gasteiger partial charge in [0.1, 0.15) is 12.4 Å². The Labute approximate surface area is 155 Å². The number of hydrogen-bond acceptors (Lipinski definition) is 6. The normalized spacial score (nSPS) is 23.8. The second-order valence-corrected chi connectivity index (χ2v) is 8.24. The molecule has 0 amide bonds. The molecule has 1 fully saturated rings. The number of thioether (sulfide) groups is 1. The highest BCUT2D eigenvalue weighted by molar-refractivity contribution is 7.99. The van der Waals surface area contributed by atoms with Crippen molar-refractivity contribution in [2.24, 2.45) is 17.8 Å². The van der Waals surface area contributed by atoms with E-state index in [2.05, 4.69) is 31.0 Å². The Hall–Kier alpha value is -1.08. The highest BCUT2D eigenvalue weighted by Gasteiger charge is 2.33. The van der Waals surface area contributed by atoms with E-state index in [1.165, 1.54) is 18.2 Å². The van der Waals surface area contributed by atoms with Crippen molar-refractivity contribution in [3.05, 3.63) is 6.33 Å². The Balaban J connectivity index is 1.83. The van der Waals surface area contributed by atoms with Crippen molar-refractivity contribution >= 4 is 17.7 Å². The van der Waals surface area contributed by atoms with E-state index in [0.29, 0.717) is 24.4 Å². The monoisotopic (exact) mass is 369 g/mol. The van der Waals surface area contributed by atoms with E-state index in [1.807, 2.05) is 4.57 Å². The van der Waals surface area contributed by atoms with Crippen LogP contribution in [0.3, 0.4) is 0 Å². The Morgan fingerprint density at radius 3 is 2.96 bits per heavy atom. The van der Waals surface area contributed by atoms with Crippen molar-refractivity contribution in [2.75, 3.05) is 19.5 Å². The highest BCUT2D eigenvalue weighted by Crippen LogP contribution is 2.35. The molecule has 6 nitrogen and oxygen atoms in total. The molecule has 0 N–H and O–H groups in total. The van der Waals surface area contributed by atoms with E-state index in [4.69, 9.17) is 9.47 Å². The van der Waals surface area contributed by atoms with E-state index < -0.39 is 0 Å². The SMILES string of the molecule is COCCCn1cnnc1SCC(=O)OC1CC(C)CCC1C(C)C. The predicted octanol–water partition coefficient (Wildman–Crippen LogP) is 3.41. The van der Waals surface area contributed by atoms with Crippen molar-refractivity contribution in [1.29, 1.82) is 0 Å². The third-order valence-electron chi connectivity index (χ3n) is 4.89. The number of esters is 1. The molecule has 1 aromatic heterocycles. The number of aryl methyl sites for hydroxylation is 1. The molecule has 2 rings (SSSR count). The van der Waals surface area contributed by atoms with Gasteiger partial charge in [-0.25, -0.2) is 0 Å². The second kappa shape index (κ2) is 10.2. The maximum Gasteiger partial charge on any atom is 0.316 e. The van der Waals surface area contributed by atoms with Gasteiger partial charge < -0.3 is 14.0 Å². The third kappa shape index (κ3) is 6.29. The van der Waals surface area contributed by atoms with Crippen LogP contribution in [0.5, 0.6) is 0 Å². The molecule has 0 aliphatic heterocycles. The van der Waals surface area contributed by atoms with Gasteiger partial charge in [-0.1, -0.05) is 39.0 Å². The van der Waals surface area contributed by atoms with Gasteiger partial charge in [-0.2, -0.15) is 0 Å². The van der Waals surface area contributed by atoms with E-state index in [9.17, 15) is 4.79 Å². The molecule has 1 aliphatic rings. The number of hydrogen-bond donors (Lipinski definition) is 0. The lowest BCUT2D eigenvalue weighted by Gasteiger charge is -2.36. The number of carbonyl (C=O) groups is 1. The van der Waals surface area contributed by atoms with Gasteiger partial charge in [-0.15, -0.1) is 10.2 Å². The highest BCUT2D eigenvalue weighted by atomic mass is 32.2. The van der Waals surface area contributed by atoms with Gasteiger partial charge in [0.15, 0.2) is 5.16 Å². The first-order valence-corrected chi connectivity index (χ1v) is 10.2. The zero-order valence-electron chi connectivity index (χ0n) is 15.8. The smallest absolute Gasteiger partial charge is 0.316 e. The van der Waals surface area contributed by atoms with Crippen LogP contribution in [0, 0.1) is 17.8 Å². The zero-order chi connectivity index (χ0) is 18.2.